The van der Waals surface area contributed by atoms with Crippen LogP contribution in [0, 0.1) is 0 Å². The number of aliphatic hydroxyl groups is 1. The number of carboxylic acid groups (broad SMARTS) is 1. The summed E-state index contributed by atoms with van der Waals surface area (Å²) in [5.74, 6) is -1.09. The number of carbonyl (C=O) groups excluding carboxylic acids is 2. The summed E-state index contributed by atoms with van der Waals surface area (Å²) in [6.45, 7) is 11.5. The van der Waals surface area contributed by atoms with Gasteiger partial charge in [0, 0.05) is 10.0 Å². The van der Waals surface area contributed by atoms with Crippen LogP contribution in [0.1, 0.15) is 52.7 Å². The lowest BCUT2D eigenvalue weighted by molar-refractivity contribution is -0.158. The molecule has 2 amide bonds. The molecule has 0 bridgehead atoms. The number of benzene rings is 2. The smallest absolute Gasteiger partial charge is 0.410 e. The molecule has 0 saturated carbocycles. The lowest BCUT2D eigenvalue weighted by Crippen LogP contribution is -2.56. The van der Waals surface area contributed by atoms with Gasteiger partial charge in [0.1, 0.15) is 11.2 Å². The zero-order valence-corrected chi connectivity index (χ0v) is 29.3. The van der Waals surface area contributed by atoms with Crippen molar-refractivity contribution in [2.24, 2.45) is 0 Å². The second-order valence-electron chi connectivity index (χ2n) is 13.5. The maximum Gasteiger partial charge on any atom is 0.410 e. The zero-order valence-electron chi connectivity index (χ0n) is 27.8. The van der Waals surface area contributed by atoms with Crippen LogP contribution in [0.2, 0.25) is 10.0 Å². The largest absolute Gasteiger partial charge is 0.479 e. The molecule has 2 aliphatic rings. The third-order valence-corrected chi connectivity index (χ3v) is 7.67. The van der Waals surface area contributed by atoms with Gasteiger partial charge in [-0.3, -0.25) is 9.80 Å². The van der Waals surface area contributed by atoms with Crippen molar-refractivity contribution in [2.75, 3.05) is 32.9 Å². The van der Waals surface area contributed by atoms with Crippen LogP contribution in [-0.2, 0) is 36.6 Å². The Morgan fingerprint density at radius 2 is 1.15 bits per heavy atom. The minimum atomic E-state index is -1.09. The summed E-state index contributed by atoms with van der Waals surface area (Å²) in [6, 6.07) is 14.4. The van der Waals surface area contributed by atoms with Crippen LogP contribution in [0.15, 0.2) is 48.5 Å². The number of carboxylic acids is 1. The van der Waals surface area contributed by atoms with Gasteiger partial charge in [-0.05, 0) is 89.8 Å². The summed E-state index contributed by atoms with van der Waals surface area (Å²) in [7, 11) is 0. The van der Waals surface area contributed by atoms with Crippen molar-refractivity contribution in [1.29, 1.82) is 0 Å². The van der Waals surface area contributed by atoms with Crippen LogP contribution in [0.3, 0.4) is 0 Å². The number of halogens is 2. The predicted octanol–water partition coefficient (Wildman–Crippen LogP) is 5.85. The Balaban J connectivity index is 0.000000256. The molecule has 2 aromatic carbocycles. The van der Waals surface area contributed by atoms with Gasteiger partial charge in [0.15, 0.2) is 6.10 Å². The molecule has 13 heteroatoms. The van der Waals surface area contributed by atoms with Crippen molar-refractivity contribution >= 4 is 41.4 Å². The number of carbonyl (C=O) groups is 3. The highest BCUT2D eigenvalue weighted by atomic mass is 35.5. The first-order valence-electron chi connectivity index (χ1n) is 15.5. The highest BCUT2D eigenvalue weighted by Crippen LogP contribution is 2.23. The first-order chi connectivity index (χ1) is 21.9. The number of amides is 2. The molecule has 0 spiro atoms. The normalized spacial score (nSPS) is 21.7. The van der Waals surface area contributed by atoms with Gasteiger partial charge < -0.3 is 29.2 Å². The van der Waals surface area contributed by atoms with Gasteiger partial charge in [0.2, 0.25) is 0 Å². The van der Waals surface area contributed by atoms with E-state index in [1.165, 1.54) is 4.90 Å². The monoisotopic (exact) mass is 696 g/mol. The molecule has 2 heterocycles. The molecule has 260 valence electrons. The standard InChI is InChI=1S/C17H22ClNO5.C17H24ClNO4/c1-17(2,3)24-16(22)19-9-14(15(20)21)23-10-13(19)8-11-4-6-12(18)7-5-11;1-17(2,3)23-16(21)19-9-15(10-20)22-11-14(19)8-12-4-6-13(18)7-5-12/h4-7,13-14H,8-10H2,1-3H3,(H,20,21);4-7,14-15,20H,8-11H2,1-3H3/t13-,14+;14-,15+/m00/s1. The van der Waals surface area contributed by atoms with Crippen molar-refractivity contribution in [3.8, 4) is 0 Å². The maximum atomic E-state index is 12.5. The van der Waals surface area contributed by atoms with E-state index in [0.717, 1.165) is 11.1 Å². The highest BCUT2D eigenvalue weighted by Gasteiger charge is 2.38. The van der Waals surface area contributed by atoms with Crippen molar-refractivity contribution in [1.82, 2.24) is 9.80 Å². The van der Waals surface area contributed by atoms with Crippen LogP contribution in [0.5, 0.6) is 0 Å². The molecule has 0 radical (unpaired) electrons. The van der Waals surface area contributed by atoms with E-state index in [0.29, 0.717) is 36.0 Å². The van der Waals surface area contributed by atoms with E-state index < -0.39 is 29.4 Å². The summed E-state index contributed by atoms with van der Waals surface area (Å²) in [4.78, 5) is 39.2. The van der Waals surface area contributed by atoms with Gasteiger partial charge in [0.25, 0.3) is 0 Å². The molecular formula is C34H46Cl2N2O9. The molecule has 2 aliphatic heterocycles. The molecule has 2 N–H and O–H groups in total. The van der Waals surface area contributed by atoms with Crippen LogP contribution in [0.25, 0.3) is 0 Å². The second kappa shape index (κ2) is 16.8. The van der Waals surface area contributed by atoms with E-state index in [1.807, 2.05) is 57.2 Å². The minimum absolute atomic E-state index is 0.0392. The Bertz CT molecular complexity index is 1330. The van der Waals surface area contributed by atoms with Crippen LogP contribution in [0.4, 0.5) is 9.59 Å². The van der Waals surface area contributed by atoms with Gasteiger partial charge in [-0.2, -0.15) is 0 Å². The highest BCUT2D eigenvalue weighted by molar-refractivity contribution is 6.30. The lowest BCUT2D eigenvalue weighted by Gasteiger charge is -2.39. The maximum absolute atomic E-state index is 12.5. The molecule has 0 unspecified atom stereocenters. The second-order valence-corrected chi connectivity index (χ2v) is 14.4. The summed E-state index contributed by atoms with van der Waals surface area (Å²) in [6.07, 6.45) is -1.14. The Hall–Kier alpha value is -3.09. The third kappa shape index (κ3) is 12.8. The lowest BCUT2D eigenvalue weighted by atomic mass is 10.0. The fourth-order valence-corrected chi connectivity index (χ4v) is 5.18. The van der Waals surface area contributed by atoms with Crippen molar-refractivity contribution in [2.45, 2.75) is 89.9 Å². The van der Waals surface area contributed by atoms with E-state index in [1.54, 1.807) is 37.8 Å². The van der Waals surface area contributed by atoms with Gasteiger partial charge >= 0.3 is 18.2 Å². The molecule has 47 heavy (non-hydrogen) atoms. The Kier molecular flexibility index (Phi) is 13.7. The average molecular weight is 698 g/mol. The molecule has 2 fully saturated rings. The van der Waals surface area contributed by atoms with E-state index >= 15 is 0 Å². The topological polar surface area (TPSA) is 135 Å². The van der Waals surface area contributed by atoms with Gasteiger partial charge in [-0.1, -0.05) is 47.5 Å². The fraction of sp³-hybridized carbons (Fsp3) is 0.559. The van der Waals surface area contributed by atoms with Crippen LogP contribution < -0.4 is 0 Å². The van der Waals surface area contributed by atoms with E-state index in [-0.39, 0.29) is 44.0 Å². The molecular weight excluding hydrogens is 651 g/mol. The van der Waals surface area contributed by atoms with Gasteiger partial charge in [0.05, 0.1) is 51.1 Å². The number of hydrogen-bond acceptors (Lipinski definition) is 8. The number of morpholine rings is 2. The molecule has 2 saturated heterocycles. The fourth-order valence-electron chi connectivity index (χ4n) is 4.93. The molecule has 4 rings (SSSR count). The van der Waals surface area contributed by atoms with Crippen LogP contribution >= 0.6 is 23.2 Å². The predicted molar refractivity (Wildman–Crippen MR) is 178 cm³/mol. The quantitative estimate of drug-likeness (QED) is 0.381. The first kappa shape index (κ1) is 38.4. The summed E-state index contributed by atoms with van der Waals surface area (Å²) < 4.78 is 21.9. The molecule has 0 aliphatic carbocycles. The number of aliphatic carboxylic acids is 1. The Morgan fingerprint density at radius 1 is 0.745 bits per heavy atom. The molecule has 2 aromatic rings. The Morgan fingerprint density at radius 3 is 1.53 bits per heavy atom. The number of nitrogens with zero attached hydrogens (tertiary/aromatic N) is 2. The number of ether oxygens (including phenoxy) is 4. The van der Waals surface area contributed by atoms with E-state index in [2.05, 4.69) is 0 Å². The number of aliphatic hydroxyl groups excluding tert-OH is 1. The number of rotatable bonds is 6. The van der Waals surface area contributed by atoms with Gasteiger partial charge in [-0.15, -0.1) is 0 Å². The van der Waals surface area contributed by atoms with Gasteiger partial charge in [-0.25, -0.2) is 14.4 Å². The van der Waals surface area contributed by atoms with Crippen LogP contribution in [-0.4, -0.2) is 107 Å². The van der Waals surface area contributed by atoms with Crippen molar-refractivity contribution < 1.29 is 43.5 Å². The first-order valence-corrected chi connectivity index (χ1v) is 16.2. The third-order valence-electron chi connectivity index (χ3n) is 7.16. The Labute approximate surface area is 286 Å². The van der Waals surface area contributed by atoms with Crippen molar-refractivity contribution in [3.05, 3.63) is 69.7 Å². The number of hydrogen-bond donors (Lipinski definition) is 2. The summed E-state index contributed by atoms with van der Waals surface area (Å²) >= 11 is 11.8. The molecule has 4 atom stereocenters. The van der Waals surface area contributed by atoms with E-state index in [9.17, 15) is 19.5 Å². The summed E-state index contributed by atoms with van der Waals surface area (Å²) in [5, 5.41) is 19.8. The SMILES string of the molecule is CC(C)(C)OC(=O)N1C[C@H](C(=O)O)OC[C@@H]1Cc1ccc(Cl)cc1.CC(C)(C)OC(=O)N1C[C@H](CO)OC[C@@H]1Cc1ccc(Cl)cc1. The molecule has 11 nitrogen and oxygen atoms in total. The average Bonchev–Trinajstić information content (AvgIpc) is 2.98. The van der Waals surface area contributed by atoms with E-state index in [4.69, 9.17) is 47.3 Å². The summed E-state index contributed by atoms with van der Waals surface area (Å²) in [5.41, 5.74) is 0.836. The van der Waals surface area contributed by atoms with Crippen molar-refractivity contribution in [3.63, 3.8) is 0 Å². The minimum Gasteiger partial charge on any atom is -0.479 e. The zero-order chi connectivity index (χ0) is 34.9. The molecule has 0 aromatic heterocycles.